The van der Waals surface area contributed by atoms with Crippen LogP contribution < -0.4 is 0 Å². The first-order valence-corrected chi connectivity index (χ1v) is 14.6. The highest BCUT2D eigenvalue weighted by Gasteiger charge is 2.84. The second-order valence-corrected chi connectivity index (χ2v) is 15.1. The molecule has 1 aromatic heterocycles. The van der Waals surface area contributed by atoms with E-state index in [-0.39, 0.29) is 50.6 Å². The molecule has 8 atom stereocenters. The van der Waals surface area contributed by atoms with Gasteiger partial charge in [0, 0.05) is 11.3 Å². The molecule has 1 aliphatic heterocycles. The van der Waals surface area contributed by atoms with E-state index in [1.165, 1.54) is 0 Å². The summed E-state index contributed by atoms with van der Waals surface area (Å²) in [5.41, 5.74) is -1.94. The summed E-state index contributed by atoms with van der Waals surface area (Å²) >= 11 is 0. The number of nitriles is 1. The molecule has 4 fully saturated rings. The first kappa shape index (κ1) is 25.4. The number of aryl methyl sites for hydroxylation is 1. The van der Waals surface area contributed by atoms with Crippen LogP contribution in [-0.2, 0) is 19.7 Å². The van der Waals surface area contributed by atoms with E-state index in [1.54, 1.807) is 0 Å². The number of nitrogens with zero attached hydrogens (tertiary/aromatic N) is 3. The lowest BCUT2D eigenvalue weighted by molar-refractivity contribution is -0.159. The number of carbonyl (C=O) groups excluding carboxylic acids is 2. The zero-order valence-electron chi connectivity index (χ0n) is 24.2. The summed E-state index contributed by atoms with van der Waals surface area (Å²) in [7, 11) is 0. The van der Waals surface area contributed by atoms with Crippen molar-refractivity contribution in [1.29, 1.82) is 5.26 Å². The third-order valence-electron chi connectivity index (χ3n) is 13.0. The maximum absolute atomic E-state index is 14.6. The average Bonchev–Trinajstić information content (AvgIpc) is 3.29. The van der Waals surface area contributed by atoms with Gasteiger partial charge in [-0.2, -0.15) is 10.2 Å². The molecule has 7 rings (SSSR count). The molecule has 1 saturated heterocycles. The topological polar surface area (TPSA) is 109 Å². The molecule has 1 aromatic rings. The van der Waals surface area contributed by atoms with Crippen LogP contribution in [0.5, 0.6) is 0 Å². The Morgan fingerprint density at radius 3 is 2.38 bits per heavy atom. The molecule has 0 amide bonds. The standard InChI is InChI=1S/C32H39N3O4/c1-18-34-25(38-35-18)31-11-8-26(2,3)16-20(31)23-21(36)14-22-27(4,28(23,5)9-12-31)10-13-32-29(22,6)15-19(17-33)24(37)30(32,7)39-32/h14-15,20,23H,8-13,16H2,1-7H3/t20-,23-,27+,28+,29+,30+,31-,32-/m0/s1. The molecule has 0 radical (unpaired) electrons. The maximum atomic E-state index is 14.6. The third-order valence-corrected chi connectivity index (χ3v) is 13.0. The molecule has 39 heavy (non-hydrogen) atoms. The van der Waals surface area contributed by atoms with Gasteiger partial charge in [0.1, 0.15) is 11.7 Å². The van der Waals surface area contributed by atoms with Crippen molar-refractivity contribution >= 4 is 11.6 Å². The predicted octanol–water partition coefficient (Wildman–Crippen LogP) is 5.73. The van der Waals surface area contributed by atoms with Gasteiger partial charge >= 0.3 is 0 Å². The highest BCUT2D eigenvalue weighted by atomic mass is 16.6. The zero-order valence-corrected chi connectivity index (χ0v) is 24.2. The Hall–Kier alpha value is -2.59. The van der Waals surface area contributed by atoms with Gasteiger partial charge in [0.2, 0.25) is 11.7 Å². The van der Waals surface area contributed by atoms with Crippen LogP contribution in [0.15, 0.2) is 27.8 Å². The van der Waals surface area contributed by atoms with Crippen molar-refractivity contribution in [2.24, 2.45) is 33.5 Å². The molecule has 7 heteroatoms. The first-order valence-electron chi connectivity index (χ1n) is 14.6. The Kier molecular flexibility index (Phi) is 4.55. The number of aromatic nitrogens is 2. The summed E-state index contributed by atoms with van der Waals surface area (Å²) in [4.78, 5) is 32.5. The molecular formula is C32H39N3O4. The molecule has 0 unspecified atom stereocenters. The molecule has 0 N–H and O–H groups in total. The number of Topliss-reactive ketones (excluding diaryl/α,β-unsaturated/α-hetero) is 1. The van der Waals surface area contributed by atoms with Crippen molar-refractivity contribution in [3.63, 3.8) is 0 Å². The number of rotatable bonds is 1. The number of carbonyl (C=O) groups is 2. The van der Waals surface area contributed by atoms with Gasteiger partial charge in [-0.25, -0.2) is 0 Å². The van der Waals surface area contributed by atoms with Crippen LogP contribution in [0, 0.1) is 51.8 Å². The van der Waals surface area contributed by atoms with Gasteiger partial charge in [0.25, 0.3) is 0 Å². The van der Waals surface area contributed by atoms with Crippen LogP contribution in [0.3, 0.4) is 0 Å². The first-order chi connectivity index (χ1) is 18.1. The van der Waals surface area contributed by atoms with Crippen molar-refractivity contribution < 1.29 is 18.8 Å². The second kappa shape index (κ2) is 7.00. The zero-order chi connectivity index (χ0) is 28.0. The van der Waals surface area contributed by atoms with E-state index in [4.69, 9.17) is 14.2 Å². The van der Waals surface area contributed by atoms with Gasteiger partial charge in [-0.15, -0.1) is 0 Å². The average molecular weight is 530 g/mol. The normalized spacial score (nSPS) is 49.3. The number of fused-ring (bicyclic) bond motifs is 6. The lowest BCUT2D eigenvalue weighted by Crippen LogP contribution is -2.66. The Bertz CT molecular complexity index is 1460. The Labute approximate surface area is 230 Å². The Balaban J connectivity index is 1.41. The molecule has 3 saturated carbocycles. The van der Waals surface area contributed by atoms with Crippen LogP contribution in [0.4, 0.5) is 0 Å². The third kappa shape index (κ3) is 2.64. The van der Waals surface area contributed by atoms with Crippen molar-refractivity contribution in [1.82, 2.24) is 10.1 Å². The van der Waals surface area contributed by atoms with E-state index >= 15 is 0 Å². The Morgan fingerprint density at radius 1 is 1.00 bits per heavy atom. The smallest absolute Gasteiger partial charge is 0.233 e. The van der Waals surface area contributed by atoms with E-state index in [0.29, 0.717) is 11.7 Å². The number of ketones is 2. The van der Waals surface area contributed by atoms with Crippen LogP contribution in [0.2, 0.25) is 0 Å². The fourth-order valence-corrected chi connectivity index (χ4v) is 10.6. The van der Waals surface area contributed by atoms with Gasteiger partial charge in [0.05, 0.1) is 11.0 Å². The largest absolute Gasteiger partial charge is 0.353 e. The van der Waals surface area contributed by atoms with Crippen LogP contribution in [0.1, 0.15) is 98.2 Å². The van der Waals surface area contributed by atoms with E-state index < -0.39 is 16.6 Å². The van der Waals surface area contributed by atoms with Crippen molar-refractivity contribution in [2.45, 2.75) is 110 Å². The summed E-state index contributed by atoms with van der Waals surface area (Å²) in [5.74, 6) is 1.23. The van der Waals surface area contributed by atoms with Gasteiger partial charge in [-0.3, -0.25) is 9.59 Å². The fourth-order valence-electron chi connectivity index (χ4n) is 10.6. The maximum Gasteiger partial charge on any atom is 0.233 e. The fraction of sp³-hybridized carbons (Fsp3) is 0.719. The molecule has 206 valence electrons. The lowest BCUT2D eigenvalue weighted by Gasteiger charge is -2.67. The van der Waals surface area contributed by atoms with Crippen molar-refractivity contribution in [2.75, 3.05) is 0 Å². The van der Waals surface area contributed by atoms with E-state index in [2.05, 4.69) is 45.8 Å². The highest BCUT2D eigenvalue weighted by Crippen LogP contribution is 2.78. The molecule has 0 aromatic carbocycles. The highest BCUT2D eigenvalue weighted by molar-refractivity contribution is 6.10. The number of hydrogen-bond donors (Lipinski definition) is 0. The number of ether oxygens (including phenoxy) is 1. The molecular weight excluding hydrogens is 490 g/mol. The van der Waals surface area contributed by atoms with Gasteiger partial charge < -0.3 is 9.26 Å². The van der Waals surface area contributed by atoms with E-state index in [1.807, 2.05) is 26.0 Å². The number of allylic oxidation sites excluding steroid dienone is 1. The quantitative estimate of drug-likeness (QED) is 0.427. The molecule has 1 spiro atoms. The molecule has 2 heterocycles. The number of hydrogen-bond acceptors (Lipinski definition) is 7. The van der Waals surface area contributed by atoms with E-state index in [9.17, 15) is 14.9 Å². The summed E-state index contributed by atoms with van der Waals surface area (Å²) in [5, 5.41) is 14.1. The second-order valence-electron chi connectivity index (χ2n) is 15.1. The van der Waals surface area contributed by atoms with Gasteiger partial charge in [0.15, 0.2) is 17.2 Å². The summed E-state index contributed by atoms with van der Waals surface area (Å²) < 4.78 is 12.2. The van der Waals surface area contributed by atoms with E-state index in [0.717, 1.165) is 50.5 Å². The van der Waals surface area contributed by atoms with Crippen LogP contribution in [0.25, 0.3) is 0 Å². The molecule has 7 nitrogen and oxygen atoms in total. The predicted molar refractivity (Wildman–Crippen MR) is 142 cm³/mol. The van der Waals surface area contributed by atoms with Crippen LogP contribution in [-0.4, -0.2) is 32.9 Å². The van der Waals surface area contributed by atoms with Crippen LogP contribution >= 0.6 is 0 Å². The molecule has 5 aliphatic carbocycles. The minimum absolute atomic E-state index is 0.103. The lowest BCUT2D eigenvalue weighted by atomic mass is 9.34. The molecule has 6 aliphatic rings. The summed E-state index contributed by atoms with van der Waals surface area (Å²) in [6.45, 7) is 15.1. The van der Waals surface area contributed by atoms with Gasteiger partial charge in [-0.05, 0) is 106 Å². The van der Waals surface area contributed by atoms with Gasteiger partial charge in [-0.1, -0.05) is 32.9 Å². The number of epoxide rings is 1. The molecule has 0 bridgehead atoms. The van der Waals surface area contributed by atoms with Crippen molar-refractivity contribution in [3.05, 3.63) is 35.0 Å². The van der Waals surface area contributed by atoms with Crippen molar-refractivity contribution in [3.8, 4) is 6.07 Å². The minimum Gasteiger partial charge on any atom is -0.353 e. The monoisotopic (exact) mass is 529 g/mol. The Morgan fingerprint density at radius 2 is 1.72 bits per heavy atom. The SMILES string of the molecule is Cc1noc([C@]23CCC(C)(C)C[C@H]2[C@H]2C(=O)C=C4[C@@]5(C)C=C(C#N)C(=O)[C@@]6(C)O[C@@]56CC[C@@]4(C)[C@]2(C)CC3)n1. The summed E-state index contributed by atoms with van der Waals surface area (Å²) in [6, 6.07) is 2.14. The summed E-state index contributed by atoms with van der Waals surface area (Å²) in [6.07, 6.45) is 10.1. The minimum atomic E-state index is -1.00.